The Hall–Kier alpha value is -1.10. The van der Waals surface area contributed by atoms with E-state index in [0.29, 0.717) is 6.42 Å². The molecule has 2 aliphatic heterocycles. The van der Waals surface area contributed by atoms with E-state index in [1.807, 2.05) is 11.8 Å². The van der Waals surface area contributed by atoms with Crippen molar-refractivity contribution in [3.05, 3.63) is 0 Å². The number of piperidine rings is 2. The highest BCUT2D eigenvalue weighted by molar-refractivity contribution is 5.82. The summed E-state index contributed by atoms with van der Waals surface area (Å²) in [7, 11) is 0. The van der Waals surface area contributed by atoms with Crippen molar-refractivity contribution in [1.29, 1.82) is 0 Å². The zero-order valence-electron chi connectivity index (χ0n) is 11.8. The van der Waals surface area contributed by atoms with Crippen LogP contribution in [-0.2, 0) is 9.59 Å². The van der Waals surface area contributed by atoms with Gasteiger partial charge in [-0.2, -0.15) is 0 Å². The number of hydrogen-bond acceptors (Lipinski definition) is 3. The van der Waals surface area contributed by atoms with Gasteiger partial charge in [0.05, 0.1) is 6.04 Å². The first-order valence-corrected chi connectivity index (χ1v) is 7.52. The van der Waals surface area contributed by atoms with E-state index < -0.39 is 0 Å². The van der Waals surface area contributed by atoms with E-state index in [1.165, 1.54) is 6.42 Å². The van der Waals surface area contributed by atoms with Gasteiger partial charge in [-0.1, -0.05) is 13.3 Å². The minimum Gasteiger partial charge on any atom is -0.353 e. The molecule has 0 bridgehead atoms. The Morgan fingerprint density at radius 1 is 1.21 bits per heavy atom. The Kier molecular flexibility index (Phi) is 5.19. The Balaban J connectivity index is 1.76. The third-order valence-electron chi connectivity index (χ3n) is 4.10. The van der Waals surface area contributed by atoms with Gasteiger partial charge >= 0.3 is 0 Å². The molecule has 1 atom stereocenters. The van der Waals surface area contributed by atoms with Crippen LogP contribution in [0.2, 0.25) is 0 Å². The quantitative estimate of drug-likeness (QED) is 0.789. The molecule has 2 amide bonds. The number of carbonyl (C=O) groups excluding carboxylic acids is 2. The summed E-state index contributed by atoms with van der Waals surface area (Å²) in [6.45, 7) is 4.36. The third kappa shape index (κ3) is 3.93. The van der Waals surface area contributed by atoms with Gasteiger partial charge in [0.15, 0.2) is 0 Å². The zero-order chi connectivity index (χ0) is 13.7. The minimum absolute atomic E-state index is 0.0236. The highest BCUT2D eigenvalue weighted by atomic mass is 16.2. The molecule has 2 fully saturated rings. The molecule has 19 heavy (non-hydrogen) atoms. The molecule has 5 heteroatoms. The van der Waals surface area contributed by atoms with Gasteiger partial charge in [0.1, 0.15) is 0 Å². The normalized spacial score (nSPS) is 25.1. The van der Waals surface area contributed by atoms with Gasteiger partial charge in [0.25, 0.3) is 0 Å². The molecule has 0 aromatic rings. The second-order valence-electron chi connectivity index (χ2n) is 5.52. The van der Waals surface area contributed by atoms with Crippen molar-refractivity contribution in [3.63, 3.8) is 0 Å². The Labute approximate surface area is 115 Å². The van der Waals surface area contributed by atoms with Gasteiger partial charge in [0, 0.05) is 25.6 Å². The van der Waals surface area contributed by atoms with Crippen LogP contribution in [0.3, 0.4) is 0 Å². The summed E-state index contributed by atoms with van der Waals surface area (Å²) in [4.78, 5) is 25.6. The van der Waals surface area contributed by atoms with E-state index in [-0.39, 0.29) is 23.9 Å². The lowest BCUT2D eigenvalue weighted by atomic mass is 10.0. The molecule has 2 rings (SSSR count). The number of nitrogens with zero attached hydrogens (tertiary/aromatic N) is 1. The van der Waals surface area contributed by atoms with Crippen molar-refractivity contribution in [3.8, 4) is 0 Å². The molecule has 2 N–H and O–H groups in total. The minimum atomic E-state index is 0.0236. The van der Waals surface area contributed by atoms with Gasteiger partial charge in [-0.25, -0.2) is 0 Å². The van der Waals surface area contributed by atoms with Gasteiger partial charge in [-0.15, -0.1) is 0 Å². The molecule has 0 aromatic carbocycles. The largest absolute Gasteiger partial charge is 0.353 e. The van der Waals surface area contributed by atoms with E-state index in [4.69, 9.17) is 0 Å². The van der Waals surface area contributed by atoms with Crippen molar-refractivity contribution in [1.82, 2.24) is 15.5 Å². The number of hydrogen-bond donors (Lipinski definition) is 2. The monoisotopic (exact) mass is 267 g/mol. The van der Waals surface area contributed by atoms with Crippen LogP contribution in [0, 0.1) is 0 Å². The summed E-state index contributed by atoms with van der Waals surface area (Å²) in [5.74, 6) is 0.360. The molecule has 0 radical (unpaired) electrons. The van der Waals surface area contributed by atoms with Crippen molar-refractivity contribution >= 4 is 11.8 Å². The molecular weight excluding hydrogens is 242 g/mol. The van der Waals surface area contributed by atoms with E-state index in [0.717, 1.165) is 45.3 Å². The average molecular weight is 267 g/mol. The molecule has 0 saturated carbocycles. The van der Waals surface area contributed by atoms with Gasteiger partial charge in [-0.05, 0) is 32.2 Å². The van der Waals surface area contributed by atoms with Crippen LogP contribution in [0.4, 0.5) is 0 Å². The summed E-state index contributed by atoms with van der Waals surface area (Å²) in [5.41, 5.74) is 0. The van der Waals surface area contributed by atoms with Crippen LogP contribution in [0.15, 0.2) is 0 Å². The number of nitrogens with one attached hydrogen (secondary N) is 2. The fourth-order valence-corrected chi connectivity index (χ4v) is 2.86. The number of rotatable bonds is 3. The van der Waals surface area contributed by atoms with Gasteiger partial charge in [0.2, 0.25) is 11.8 Å². The van der Waals surface area contributed by atoms with Crippen molar-refractivity contribution in [2.75, 3.05) is 19.6 Å². The molecule has 0 aliphatic carbocycles. The van der Waals surface area contributed by atoms with Gasteiger partial charge < -0.3 is 15.5 Å². The lowest BCUT2D eigenvalue weighted by Gasteiger charge is -2.35. The lowest BCUT2D eigenvalue weighted by molar-refractivity contribution is -0.135. The first kappa shape index (κ1) is 14.3. The van der Waals surface area contributed by atoms with Gasteiger partial charge in [-0.3, -0.25) is 9.59 Å². The van der Waals surface area contributed by atoms with Crippen molar-refractivity contribution < 1.29 is 9.59 Å². The third-order valence-corrected chi connectivity index (χ3v) is 4.10. The predicted octanol–water partition coefficient (Wildman–Crippen LogP) is 0.646. The molecule has 2 saturated heterocycles. The van der Waals surface area contributed by atoms with Crippen LogP contribution in [0.25, 0.3) is 0 Å². The molecule has 2 aliphatic rings. The maximum Gasteiger partial charge on any atom is 0.239 e. The van der Waals surface area contributed by atoms with E-state index in [1.54, 1.807) is 0 Å². The second-order valence-corrected chi connectivity index (χ2v) is 5.52. The smallest absolute Gasteiger partial charge is 0.239 e. The standard InChI is InChI=1S/C14H25N3O2/c1-2-13(18)16-11-6-9-17(10-7-11)14(19)12-5-3-4-8-15-12/h11-12,15H,2-10H2,1H3,(H,16,18). The second kappa shape index (κ2) is 6.89. The topological polar surface area (TPSA) is 61.4 Å². The summed E-state index contributed by atoms with van der Waals surface area (Å²) in [5, 5.41) is 6.32. The van der Waals surface area contributed by atoms with Crippen LogP contribution in [0.1, 0.15) is 45.4 Å². The molecule has 2 heterocycles. The van der Waals surface area contributed by atoms with Crippen LogP contribution < -0.4 is 10.6 Å². The van der Waals surface area contributed by atoms with E-state index >= 15 is 0 Å². The number of amides is 2. The maximum atomic E-state index is 12.3. The van der Waals surface area contributed by atoms with Crippen LogP contribution in [-0.4, -0.2) is 48.4 Å². The SMILES string of the molecule is CCC(=O)NC1CCN(C(=O)C2CCCCN2)CC1. The fourth-order valence-electron chi connectivity index (χ4n) is 2.86. The first-order chi connectivity index (χ1) is 9.20. The lowest BCUT2D eigenvalue weighted by Crippen LogP contribution is -2.53. The average Bonchev–Trinajstić information content (AvgIpc) is 2.48. The summed E-state index contributed by atoms with van der Waals surface area (Å²) < 4.78 is 0. The van der Waals surface area contributed by atoms with E-state index in [9.17, 15) is 9.59 Å². The fraction of sp³-hybridized carbons (Fsp3) is 0.857. The number of likely N-dealkylation sites (tertiary alicyclic amines) is 1. The molecular formula is C14H25N3O2. The zero-order valence-corrected chi connectivity index (χ0v) is 11.8. The predicted molar refractivity (Wildman–Crippen MR) is 73.7 cm³/mol. The molecule has 0 aromatic heterocycles. The highest BCUT2D eigenvalue weighted by Crippen LogP contribution is 2.15. The van der Waals surface area contributed by atoms with Crippen molar-refractivity contribution in [2.45, 2.75) is 57.5 Å². The van der Waals surface area contributed by atoms with Crippen LogP contribution in [0.5, 0.6) is 0 Å². The Morgan fingerprint density at radius 2 is 1.95 bits per heavy atom. The molecule has 1 unspecified atom stereocenters. The Bertz CT molecular complexity index is 319. The number of carbonyl (C=O) groups is 2. The first-order valence-electron chi connectivity index (χ1n) is 7.52. The van der Waals surface area contributed by atoms with Crippen LogP contribution >= 0.6 is 0 Å². The Morgan fingerprint density at radius 3 is 2.53 bits per heavy atom. The molecule has 108 valence electrons. The van der Waals surface area contributed by atoms with Crippen molar-refractivity contribution in [2.24, 2.45) is 0 Å². The molecule has 0 spiro atoms. The summed E-state index contributed by atoms with van der Waals surface area (Å²) in [6.07, 6.45) is 5.58. The highest BCUT2D eigenvalue weighted by Gasteiger charge is 2.29. The van der Waals surface area contributed by atoms with E-state index in [2.05, 4.69) is 10.6 Å². The maximum absolute atomic E-state index is 12.3. The summed E-state index contributed by atoms with van der Waals surface area (Å²) in [6, 6.07) is 0.270. The molecule has 5 nitrogen and oxygen atoms in total. The summed E-state index contributed by atoms with van der Waals surface area (Å²) >= 11 is 0.